The third-order valence-corrected chi connectivity index (χ3v) is 11.6. The monoisotopic (exact) mass is 931 g/mol. The third kappa shape index (κ3) is 53.2. The molecule has 0 aliphatic carbocycles. The van der Waals surface area contributed by atoms with Gasteiger partial charge in [-0.1, -0.05) is 234 Å². The molecule has 6 heteroatoms. The summed E-state index contributed by atoms with van der Waals surface area (Å²) < 4.78 is 16.8. The number of carbonyl (C=O) groups excluding carboxylic acids is 3. The van der Waals surface area contributed by atoms with Gasteiger partial charge in [0.1, 0.15) is 13.2 Å². The van der Waals surface area contributed by atoms with Gasteiger partial charge in [-0.2, -0.15) is 0 Å². The molecule has 382 valence electrons. The molecule has 0 aromatic rings. The second-order valence-electron chi connectivity index (χ2n) is 18.1. The van der Waals surface area contributed by atoms with Crippen molar-refractivity contribution >= 4 is 17.9 Å². The smallest absolute Gasteiger partial charge is 0.306 e. The lowest BCUT2D eigenvalue weighted by atomic mass is 10.0. The zero-order valence-electron chi connectivity index (χ0n) is 43.6. The Morgan fingerprint density at radius 3 is 0.925 bits per heavy atom. The van der Waals surface area contributed by atoms with Gasteiger partial charge >= 0.3 is 17.9 Å². The molecule has 1 unspecified atom stereocenters. The van der Waals surface area contributed by atoms with E-state index in [-0.39, 0.29) is 31.1 Å². The van der Waals surface area contributed by atoms with Crippen molar-refractivity contribution in [3.63, 3.8) is 0 Å². The molecule has 0 spiro atoms. The van der Waals surface area contributed by atoms with Gasteiger partial charge in [0.15, 0.2) is 6.10 Å². The van der Waals surface area contributed by atoms with Crippen molar-refractivity contribution < 1.29 is 28.6 Å². The van der Waals surface area contributed by atoms with Gasteiger partial charge < -0.3 is 14.2 Å². The normalized spacial score (nSPS) is 12.8. The largest absolute Gasteiger partial charge is 0.462 e. The summed E-state index contributed by atoms with van der Waals surface area (Å²) in [6.45, 7) is 6.37. The summed E-state index contributed by atoms with van der Waals surface area (Å²) in [6.07, 6.45) is 72.5. The fourth-order valence-corrected chi connectivity index (χ4v) is 7.48. The van der Waals surface area contributed by atoms with Crippen molar-refractivity contribution in [2.75, 3.05) is 13.2 Å². The van der Waals surface area contributed by atoms with E-state index in [1.807, 2.05) is 0 Å². The van der Waals surface area contributed by atoms with Crippen LogP contribution in [0.4, 0.5) is 0 Å². The van der Waals surface area contributed by atoms with Crippen LogP contribution in [-0.2, 0) is 28.6 Å². The third-order valence-electron chi connectivity index (χ3n) is 11.6. The van der Waals surface area contributed by atoms with Crippen LogP contribution in [0.25, 0.3) is 0 Å². The second kappa shape index (κ2) is 54.9. The quantitative estimate of drug-likeness (QED) is 0.0262. The molecule has 0 fully saturated rings. The van der Waals surface area contributed by atoms with Crippen LogP contribution in [0.1, 0.15) is 252 Å². The van der Waals surface area contributed by atoms with Crippen molar-refractivity contribution in [2.45, 2.75) is 258 Å². The Kier molecular flexibility index (Phi) is 51.9. The standard InChI is InChI=1S/C61H102O6/c1-4-7-10-13-16-19-22-25-28-30-31-32-34-36-39-42-45-48-51-54-60(63)66-57-58(56-65-59(62)53-50-47-44-41-38-35-27-24-21-18-15-12-9-6-3)67-61(64)55-52-49-46-43-40-37-33-29-26-23-20-17-14-11-8-5-2/h7,9-10,12,16,18-19,21,25,27-28,31-32,35-36,39,58H,4-6,8,11,13-15,17,20,22-24,26,29-30,33-34,37-38,40-57H2,1-3H3/b10-7-,12-9-,19-16-,21-18-,28-25-,32-31-,35-27-,39-36-. The number of unbranched alkanes of at least 4 members (excludes halogenated alkanes) is 22. The minimum Gasteiger partial charge on any atom is -0.462 e. The van der Waals surface area contributed by atoms with Crippen molar-refractivity contribution in [3.8, 4) is 0 Å². The van der Waals surface area contributed by atoms with Crippen LogP contribution in [0, 0.1) is 0 Å². The highest BCUT2D eigenvalue weighted by molar-refractivity contribution is 5.71. The first-order valence-corrected chi connectivity index (χ1v) is 27.7. The number of allylic oxidation sites excluding steroid dienone is 16. The summed E-state index contributed by atoms with van der Waals surface area (Å²) in [5.74, 6) is -0.948. The van der Waals surface area contributed by atoms with E-state index in [1.165, 1.54) is 83.5 Å². The molecule has 0 amide bonds. The minimum absolute atomic E-state index is 0.0990. The highest BCUT2D eigenvalue weighted by Crippen LogP contribution is 2.15. The molecule has 0 aromatic carbocycles. The Balaban J connectivity index is 4.46. The molecule has 0 aromatic heterocycles. The van der Waals surface area contributed by atoms with E-state index in [0.717, 1.165) is 128 Å². The minimum atomic E-state index is -0.800. The number of ether oxygens (including phenoxy) is 3. The molecule has 0 aliphatic heterocycles. The number of esters is 3. The summed E-state index contributed by atoms with van der Waals surface area (Å²) in [5.41, 5.74) is 0. The molecule has 0 heterocycles. The molecule has 0 saturated carbocycles. The Morgan fingerprint density at radius 1 is 0.313 bits per heavy atom. The van der Waals surface area contributed by atoms with Crippen molar-refractivity contribution in [3.05, 3.63) is 97.2 Å². The van der Waals surface area contributed by atoms with Gasteiger partial charge in [-0.05, 0) is 96.3 Å². The first-order chi connectivity index (χ1) is 33.0. The zero-order chi connectivity index (χ0) is 48.6. The highest BCUT2D eigenvalue weighted by atomic mass is 16.6. The summed E-state index contributed by atoms with van der Waals surface area (Å²) in [4.78, 5) is 38.1. The molecule has 0 aliphatic rings. The van der Waals surface area contributed by atoms with Crippen molar-refractivity contribution in [2.24, 2.45) is 0 Å². The summed E-state index contributed by atoms with van der Waals surface area (Å²) in [5, 5.41) is 0. The van der Waals surface area contributed by atoms with E-state index >= 15 is 0 Å². The van der Waals surface area contributed by atoms with Crippen LogP contribution in [0.3, 0.4) is 0 Å². The Hall–Kier alpha value is -3.67. The molecule has 0 radical (unpaired) electrons. The molecular weight excluding hydrogens is 829 g/mol. The maximum absolute atomic E-state index is 12.8. The van der Waals surface area contributed by atoms with E-state index in [1.54, 1.807) is 0 Å². The summed E-state index contributed by atoms with van der Waals surface area (Å²) >= 11 is 0. The zero-order valence-corrected chi connectivity index (χ0v) is 43.6. The molecule has 1 atom stereocenters. The predicted molar refractivity (Wildman–Crippen MR) is 288 cm³/mol. The molecule has 0 N–H and O–H groups in total. The number of rotatable bonds is 49. The van der Waals surface area contributed by atoms with Crippen LogP contribution in [-0.4, -0.2) is 37.2 Å². The predicted octanol–water partition coefficient (Wildman–Crippen LogP) is 18.5. The Labute approximate surface area is 413 Å². The van der Waals surface area contributed by atoms with Crippen molar-refractivity contribution in [1.29, 1.82) is 0 Å². The lowest BCUT2D eigenvalue weighted by Gasteiger charge is -2.18. The first kappa shape index (κ1) is 63.3. The molecular formula is C61H102O6. The van der Waals surface area contributed by atoms with Crippen LogP contribution in [0.15, 0.2) is 97.2 Å². The number of carbonyl (C=O) groups is 3. The van der Waals surface area contributed by atoms with Gasteiger partial charge in [0.25, 0.3) is 0 Å². The first-order valence-electron chi connectivity index (χ1n) is 27.7. The number of hydrogen-bond donors (Lipinski definition) is 0. The topological polar surface area (TPSA) is 78.9 Å². The van der Waals surface area contributed by atoms with Gasteiger partial charge in [0.05, 0.1) is 0 Å². The lowest BCUT2D eigenvalue weighted by molar-refractivity contribution is -0.167. The molecule has 0 rings (SSSR count). The van der Waals surface area contributed by atoms with Crippen LogP contribution < -0.4 is 0 Å². The number of hydrogen-bond acceptors (Lipinski definition) is 6. The van der Waals surface area contributed by atoms with Gasteiger partial charge in [0, 0.05) is 19.3 Å². The molecule has 0 saturated heterocycles. The Morgan fingerprint density at radius 2 is 0.582 bits per heavy atom. The van der Waals surface area contributed by atoms with Gasteiger partial charge in [-0.3, -0.25) is 14.4 Å². The molecule has 0 bridgehead atoms. The SMILES string of the molecule is CC/C=C\C/C=C\C/C=C\C/C=C\C/C=C\CCCCCC(=O)OCC(COC(=O)CCCCCC/C=C\C/C=C\C/C=C\CC)OC(=O)CCCCCCCCCCCCCCCCCC. The van der Waals surface area contributed by atoms with E-state index in [2.05, 4.69) is 118 Å². The molecule has 6 nitrogen and oxygen atoms in total. The maximum atomic E-state index is 12.8. The van der Waals surface area contributed by atoms with Crippen molar-refractivity contribution in [1.82, 2.24) is 0 Å². The van der Waals surface area contributed by atoms with E-state index in [0.29, 0.717) is 19.3 Å². The van der Waals surface area contributed by atoms with Gasteiger partial charge in [0.2, 0.25) is 0 Å². The average Bonchev–Trinajstić information content (AvgIpc) is 3.33. The molecule has 67 heavy (non-hydrogen) atoms. The van der Waals surface area contributed by atoms with Crippen LogP contribution >= 0.6 is 0 Å². The Bertz CT molecular complexity index is 1350. The maximum Gasteiger partial charge on any atom is 0.306 e. The van der Waals surface area contributed by atoms with E-state index < -0.39 is 6.10 Å². The van der Waals surface area contributed by atoms with Gasteiger partial charge in [-0.15, -0.1) is 0 Å². The van der Waals surface area contributed by atoms with Crippen LogP contribution in [0.2, 0.25) is 0 Å². The average molecular weight is 931 g/mol. The van der Waals surface area contributed by atoms with Crippen LogP contribution in [0.5, 0.6) is 0 Å². The fraction of sp³-hybridized carbons (Fsp3) is 0.689. The second-order valence-corrected chi connectivity index (χ2v) is 18.1. The lowest BCUT2D eigenvalue weighted by Crippen LogP contribution is -2.30. The fourth-order valence-electron chi connectivity index (χ4n) is 7.48. The van der Waals surface area contributed by atoms with E-state index in [4.69, 9.17) is 14.2 Å². The van der Waals surface area contributed by atoms with Gasteiger partial charge in [-0.25, -0.2) is 0 Å². The highest BCUT2D eigenvalue weighted by Gasteiger charge is 2.19. The summed E-state index contributed by atoms with van der Waals surface area (Å²) in [7, 11) is 0. The van der Waals surface area contributed by atoms with E-state index in [9.17, 15) is 14.4 Å². The summed E-state index contributed by atoms with van der Waals surface area (Å²) in [6, 6.07) is 0.